The van der Waals surface area contributed by atoms with Crippen LogP contribution in [-0.4, -0.2) is 54.3 Å². The van der Waals surface area contributed by atoms with Crippen molar-refractivity contribution in [3.8, 4) is 28.6 Å². The van der Waals surface area contributed by atoms with Gasteiger partial charge in [-0.15, -0.1) is 5.10 Å². The minimum absolute atomic E-state index is 0.138. The highest BCUT2D eigenvalue weighted by atomic mass is 127. The van der Waals surface area contributed by atoms with Crippen LogP contribution in [0.4, 0.5) is 0 Å². The lowest BCUT2D eigenvalue weighted by Crippen LogP contribution is -2.31. The summed E-state index contributed by atoms with van der Waals surface area (Å²) in [6, 6.07) is 26.0. The summed E-state index contributed by atoms with van der Waals surface area (Å²) in [5, 5.41) is 12.5. The van der Waals surface area contributed by atoms with Crippen LogP contribution in [0.25, 0.3) is 11.4 Å². The molecule has 1 aromatic heterocycles. The summed E-state index contributed by atoms with van der Waals surface area (Å²) < 4.78 is 49.3. The van der Waals surface area contributed by atoms with Crippen molar-refractivity contribution >= 4 is 32.6 Å². The summed E-state index contributed by atoms with van der Waals surface area (Å²) in [4.78, 5) is 0.164. The highest BCUT2D eigenvalue weighted by Crippen LogP contribution is 2.36. The lowest BCUT2D eigenvalue weighted by atomic mass is 10.1. The summed E-state index contributed by atoms with van der Waals surface area (Å²) in [7, 11) is 0.710. The third-order valence-corrected chi connectivity index (χ3v) is 10.1. The Balaban J connectivity index is 1.59. The molecule has 0 N–H and O–H groups in total. The fraction of sp³-hybridized carbons (Fsp3) is 0.219. The number of aromatic nitrogens is 4. The Morgan fingerprint density at radius 3 is 1.68 bits per heavy atom. The topological polar surface area (TPSA) is 109 Å². The predicted molar refractivity (Wildman–Crippen MR) is 175 cm³/mol. The van der Waals surface area contributed by atoms with Gasteiger partial charge in [-0.2, -0.15) is 4.31 Å². The largest absolute Gasteiger partial charge is 0.497 e. The van der Waals surface area contributed by atoms with Gasteiger partial charge in [-0.25, -0.2) is 13.1 Å². The Bertz CT molecular complexity index is 1780. The number of aryl methyl sites for hydroxylation is 1. The van der Waals surface area contributed by atoms with E-state index in [2.05, 4.69) is 38.1 Å². The fourth-order valence-electron chi connectivity index (χ4n) is 4.82. The van der Waals surface area contributed by atoms with Crippen LogP contribution in [0.3, 0.4) is 0 Å². The van der Waals surface area contributed by atoms with E-state index in [-0.39, 0.29) is 18.0 Å². The predicted octanol–water partition coefficient (Wildman–Crippen LogP) is 5.72. The van der Waals surface area contributed by atoms with Crippen molar-refractivity contribution in [1.29, 1.82) is 0 Å². The van der Waals surface area contributed by atoms with Crippen LogP contribution in [0.15, 0.2) is 89.8 Å². The smallest absolute Gasteiger partial charge is 0.244 e. The number of sulfonamides is 1. The molecule has 0 saturated carbocycles. The number of methoxy groups -OCH3 is 3. The molecule has 12 heteroatoms. The van der Waals surface area contributed by atoms with Gasteiger partial charge in [0, 0.05) is 16.7 Å². The highest BCUT2D eigenvalue weighted by Gasteiger charge is 2.33. The standard InChI is InChI=1S/C32H32IN5O5S/c1-22-5-18-29(33)30(32-34-35-36-38(32)21-25-10-16-28(43-4)17-11-25)31(22)44(39,40)37(19-23-6-12-26(41-2)13-7-23)20-24-8-14-27(42-3)15-9-24/h5-18H,19-21H2,1-4H3. The molecule has 5 aromatic rings. The van der Waals surface area contributed by atoms with Gasteiger partial charge in [0.05, 0.1) is 38.3 Å². The number of rotatable bonds is 12. The van der Waals surface area contributed by atoms with Gasteiger partial charge in [-0.05, 0) is 105 Å². The first-order valence-electron chi connectivity index (χ1n) is 13.7. The van der Waals surface area contributed by atoms with Crippen LogP contribution in [0.5, 0.6) is 17.2 Å². The third-order valence-electron chi connectivity index (χ3n) is 7.18. The Labute approximate surface area is 270 Å². The molecule has 0 unspecified atom stereocenters. The number of benzene rings is 4. The van der Waals surface area contributed by atoms with E-state index in [1.807, 2.05) is 84.9 Å². The first kappa shape index (κ1) is 31.4. The van der Waals surface area contributed by atoms with Crippen LogP contribution in [0, 0.1) is 10.5 Å². The molecule has 0 saturated heterocycles. The molecule has 0 spiro atoms. The molecule has 4 aromatic carbocycles. The maximum Gasteiger partial charge on any atom is 0.244 e. The van der Waals surface area contributed by atoms with Crippen LogP contribution in [0.1, 0.15) is 22.3 Å². The van der Waals surface area contributed by atoms with E-state index in [9.17, 15) is 8.42 Å². The number of ether oxygens (including phenoxy) is 3. The number of hydrogen-bond acceptors (Lipinski definition) is 8. The molecule has 1 heterocycles. The third kappa shape index (κ3) is 6.87. The summed E-state index contributed by atoms with van der Waals surface area (Å²) >= 11 is 2.15. The zero-order valence-corrected chi connectivity index (χ0v) is 27.7. The molecule has 0 amide bonds. The maximum atomic E-state index is 14.8. The zero-order valence-electron chi connectivity index (χ0n) is 24.8. The molecule has 5 rings (SSSR count). The van der Waals surface area contributed by atoms with Crippen molar-refractivity contribution in [2.45, 2.75) is 31.5 Å². The van der Waals surface area contributed by atoms with E-state index in [0.717, 1.165) is 22.4 Å². The highest BCUT2D eigenvalue weighted by molar-refractivity contribution is 14.1. The van der Waals surface area contributed by atoms with Crippen molar-refractivity contribution in [3.63, 3.8) is 0 Å². The first-order chi connectivity index (χ1) is 21.2. The van der Waals surface area contributed by atoms with Gasteiger partial charge in [0.25, 0.3) is 0 Å². The second-order valence-corrected chi connectivity index (χ2v) is 13.1. The van der Waals surface area contributed by atoms with Gasteiger partial charge in [-0.1, -0.05) is 42.5 Å². The van der Waals surface area contributed by atoms with Crippen molar-refractivity contribution in [2.24, 2.45) is 0 Å². The number of tetrazole rings is 1. The minimum Gasteiger partial charge on any atom is -0.497 e. The molecule has 10 nitrogen and oxygen atoms in total. The van der Waals surface area contributed by atoms with Gasteiger partial charge < -0.3 is 14.2 Å². The second-order valence-electron chi connectivity index (χ2n) is 10.0. The molecule has 0 bridgehead atoms. The van der Waals surface area contributed by atoms with Crippen LogP contribution in [0.2, 0.25) is 0 Å². The van der Waals surface area contributed by atoms with Crippen LogP contribution >= 0.6 is 22.6 Å². The van der Waals surface area contributed by atoms with Gasteiger partial charge in [0.2, 0.25) is 10.0 Å². The average Bonchev–Trinajstić information content (AvgIpc) is 3.50. The van der Waals surface area contributed by atoms with Gasteiger partial charge in [0.15, 0.2) is 5.82 Å². The fourth-order valence-corrected chi connectivity index (χ4v) is 7.53. The molecule has 44 heavy (non-hydrogen) atoms. The van der Waals surface area contributed by atoms with E-state index in [1.165, 1.54) is 4.31 Å². The number of halogens is 1. The summed E-state index contributed by atoms with van der Waals surface area (Å²) in [5.74, 6) is 2.48. The van der Waals surface area contributed by atoms with Crippen molar-refractivity contribution in [3.05, 3.63) is 111 Å². The van der Waals surface area contributed by atoms with Crippen molar-refractivity contribution in [2.75, 3.05) is 21.3 Å². The Kier molecular flexibility index (Phi) is 9.81. The SMILES string of the molecule is COc1ccc(CN(Cc2ccc(OC)cc2)S(=O)(=O)c2c(C)ccc(I)c2-c2nnnn2Cc2ccc(OC)cc2)cc1. The monoisotopic (exact) mass is 725 g/mol. The molecular weight excluding hydrogens is 693 g/mol. The lowest BCUT2D eigenvalue weighted by Gasteiger charge is -2.25. The first-order valence-corrected chi connectivity index (χ1v) is 16.2. The molecular formula is C32H32IN5O5S. The molecule has 228 valence electrons. The molecule has 0 radical (unpaired) electrons. The Morgan fingerprint density at radius 2 is 1.20 bits per heavy atom. The number of nitrogens with zero attached hydrogens (tertiary/aromatic N) is 5. The quantitative estimate of drug-likeness (QED) is 0.151. The summed E-state index contributed by atoms with van der Waals surface area (Å²) in [5.41, 5.74) is 3.62. The lowest BCUT2D eigenvalue weighted by molar-refractivity contribution is 0.397. The molecule has 0 aliphatic carbocycles. The Morgan fingerprint density at radius 1 is 0.727 bits per heavy atom. The van der Waals surface area contributed by atoms with E-state index >= 15 is 0 Å². The summed E-state index contributed by atoms with van der Waals surface area (Å²) in [6.07, 6.45) is 0. The molecule has 0 aliphatic heterocycles. The molecule has 0 atom stereocenters. The summed E-state index contributed by atoms with van der Waals surface area (Å²) in [6.45, 7) is 2.42. The average molecular weight is 726 g/mol. The maximum absolute atomic E-state index is 14.8. The van der Waals surface area contributed by atoms with E-state index < -0.39 is 10.0 Å². The van der Waals surface area contributed by atoms with E-state index in [4.69, 9.17) is 14.2 Å². The molecule has 0 fully saturated rings. The normalized spacial score (nSPS) is 11.5. The van der Waals surface area contributed by atoms with Crippen LogP contribution in [-0.2, 0) is 29.7 Å². The second kappa shape index (κ2) is 13.7. The van der Waals surface area contributed by atoms with Crippen LogP contribution < -0.4 is 14.2 Å². The van der Waals surface area contributed by atoms with Gasteiger partial charge in [0.1, 0.15) is 17.2 Å². The van der Waals surface area contributed by atoms with Gasteiger partial charge in [-0.3, -0.25) is 0 Å². The van der Waals surface area contributed by atoms with E-state index in [0.29, 0.717) is 38.6 Å². The van der Waals surface area contributed by atoms with Crippen molar-refractivity contribution < 1.29 is 22.6 Å². The van der Waals surface area contributed by atoms with Crippen molar-refractivity contribution in [1.82, 2.24) is 24.5 Å². The Hall–Kier alpha value is -4.01. The van der Waals surface area contributed by atoms with E-state index in [1.54, 1.807) is 32.9 Å². The minimum atomic E-state index is -4.10. The molecule has 0 aliphatic rings. The zero-order chi connectivity index (χ0) is 31.3. The van der Waals surface area contributed by atoms with Gasteiger partial charge >= 0.3 is 0 Å². The number of hydrogen-bond donors (Lipinski definition) is 0.